The van der Waals surface area contributed by atoms with Crippen molar-refractivity contribution in [1.29, 1.82) is 5.26 Å². The molecule has 37 heavy (non-hydrogen) atoms. The number of benzene rings is 1. The predicted octanol–water partition coefficient (Wildman–Crippen LogP) is 6.32. The lowest BCUT2D eigenvalue weighted by Crippen LogP contribution is -2.36. The van der Waals surface area contributed by atoms with E-state index in [0.717, 1.165) is 7.05 Å². The van der Waals surface area contributed by atoms with Crippen molar-refractivity contribution in [3.8, 4) is 28.0 Å². The summed E-state index contributed by atoms with van der Waals surface area (Å²) in [6.07, 6.45) is -11.0. The van der Waals surface area contributed by atoms with E-state index >= 15 is 0 Å². The number of aryl methyl sites for hydroxylation is 1. The fourth-order valence-electron chi connectivity index (χ4n) is 3.44. The van der Waals surface area contributed by atoms with Gasteiger partial charge in [-0.05, 0) is 25.0 Å². The molecular weight excluding hydrogens is 558 g/mol. The number of nitrogens with one attached hydrogen (secondary N) is 1. The Balaban J connectivity index is 1.77. The number of amides is 1. The number of alkyl halides is 8. The molecule has 3 aromatic rings. The molecule has 1 amide bonds. The third kappa shape index (κ3) is 4.75. The van der Waals surface area contributed by atoms with Crippen LogP contribution in [-0.4, -0.2) is 32.4 Å². The second-order valence-electron chi connectivity index (χ2n) is 8.15. The van der Waals surface area contributed by atoms with Gasteiger partial charge < -0.3 is 5.32 Å². The first-order chi connectivity index (χ1) is 17.0. The third-order valence-electron chi connectivity index (χ3n) is 5.51. The van der Waals surface area contributed by atoms with Gasteiger partial charge in [-0.1, -0.05) is 17.7 Å². The van der Waals surface area contributed by atoms with Crippen LogP contribution in [0.25, 0.3) is 22.0 Å². The minimum atomic E-state index is -6.32. The first kappa shape index (κ1) is 26.8. The molecule has 16 heteroatoms. The summed E-state index contributed by atoms with van der Waals surface area (Å²) >= 11 is 6.63. The fourth-order valence-corrected chi connectivity index (χ4v) is 4.55. The van der Waals surface area contributed by atoms with Gasteiger partial charge in [-0.25, -0.2) is 4.98 Å². The minimum absolute atomic E-state index is 0.00871. The number of aromatic nitrogens is 3. The van der Waals surface area contributed by atoms with Gasteiger partial charge in [-0.15, -0.1) is 11.3 Å². The van der Waals surface area contributed by atoms with Crippen LogP contribution in [0.3, 0.4) is 0 Å². The zero-order valence-corrected chi connectivity index (χ0v) is 19.8. The molecule has 2 heterocycles. The molecule has 1 aliphatic carbocycles. The lowest BCUT2D eigenvalue weighted by molar-refractivity contribution is -0.292. The number of hydrogen-bond acceptors (Lipinski definition) is 5. The second kappa shape index (κ2) is 8.66. The quantitative estimate of drug-likeness (QED) is 0.364. The van der Waals surface area contributed by atoms with Gasteiger partial charge in [0.25, 0.3) is 5.91 Å². The van der Waals surface area contributed by atoms with Gasteiger partial charge in [-0.3, -0.25) is 9.48 Å². The average molecular weight is 570 g/mol. The number of carbonyl (C=O) groups is 1. The topological polar surface area (TPSA) is 83.6 Å². The molecule has 1 fully saturated rings. The van der Waals surface area contributed by atoms with Crippen molar-refractivity contribution in [2.45, 2.75) is 36.7 Å². The monoisotopic (exact) mass is 569 g/mol. The predicted molar refractivity (Wildman–Crippen MR) is 115 cm³/mol. The van der Waals surface area contributed by atoms with Crippen LogP contribution in [-0.2, 0) is 19.1 Å². The zero-order chi connectivity index (χ0) is 27.6. The van der Waals surface area contributed by atoms with Gasteiger partial charge in [0, 0.05) is 18.0 Å². The highest BCUT2D eigenvalue weighted by molar-refractivity contribution is 7.13. The van der Waals surface area contributed by atoms with Crippen LogP contribution in [0.1, 0.15) is 34.5 Å². The Hall–Kier alpha value is -3.25. The number of halogens is 9. The van der Waals surface area contributed by atoms with E-state index in [0.29, 0.717) is 24.2 Å². The van der Waals surface area contributed by atoms with E-state index in [1.807, 2.05) is 6.07 Å². The number of carbonyl (C=O) groups excluding carboxylic acids is 1. The first-order valence-corrected chi connectivity index (χ1v) is 11.4. The Labute approximate surface area is 211 Å². The summed E-state index contributed by atoms with van der Waals surface area (Å²) in [5, 5.41) is 15.3. The maximum Gasteiger partial charge on any atom is 0.459 e. The van der Waals surface area contributed by atoms with E-state index in [9.17, 15) is 39.9 Å². The van der Waals surface area contributed by atoms with E-state index in [4.69, 9.17) is 16.9 Å². The molecule has 0 saturated heterocycles. The summed E-state index contributed by atoms with van der Waals surface area (Å²) in [4.78, 5) is 16.6. The van der Waals surface area contributed by atoms with E-state index in [2.05, 4.69) is 15.4 Å². The maximum absolute atomic E-state index is 14.0. The standard InChI is InChI=1S/C21H12ClF8N5OS/c1-35-14(13(20(25,26)27)15(34-35)19(23,24)21(28,29)30)17-32-12(7-37-17)9-2-3-11(22)10(6-9)16(36)33-18(8-31)4-5-18/h2-3,6-7H,4-5H2,1H3,(H,33,36). The van der Waals surface area contributed by atoms with E-state index in [1.54, 1.807) is 0 Å². The van der Waals surface area contributed by atoms with E-state index < -0.39 is 51.7 Å². The first-order valence-electron chi connectivity index (χ1n) is 10.1. The molecule has 1 aromatic carbocycles. The Kier molecular flexibility index (Phi) is 6.27. The Bertz CT molecular complexity index is 1430. The molecular formula is C21H12ClF8N5OS. The highest BCUT2D eigenvalue weighted by Gasteiger charge is 2.64. The van der Waals surface area contributed by atoms with Gasteiger partial charge in [-0.2, -0.15) is 45.5 Å². The maximum atomic E-state index is 14.0. The summed E-state index contributed by atoms with van der Waals surface area (Å²) in [5.74, 6) is -6.55. The molecule has 0 aliphatic heterocycles. The third-order valence-corrected chi connectivity index (χ3v) is 6.69. The summed E-state index contributed by atoms with van der Waals surface area (Å²) < 4.78 is 108. The number of hydrogen-bond donors (Lipinski definition) is 1. The van der Waals surface area contributed by atoms with E-state index in [1.165, 1.54) is 23.6 Å². The molecule has 0 bridgehead atoms. The highest BCUT2D eigenvalue weighted by Crippen LogP contribution is 2.50. The molecule has 0 unspecified atom stereocenters. The number of nitriles is 1. The second-order valence-corrected chi connectivity index (χ2v) is 9.41. The molecule has 1 aliphatic rings. The summed E-state index contributed by atoms with van der Waals surface area (Å²) in [5.41, 5.74) is -6.72. The smallest absolute Gasteiger partial charge is 0.334 e. The molecule has 6 nitrogen and oxygen atoms in total. The lowest BCUT2D eigenvalue weighted by atomic mass is 10.1. The van der Waals surface area contributed by atoms with Crippen molar-refractivity contribution in [2.75, 3.05) is 0 Å². The van der Waals surface area contributed by atoms with Crippen LogP contribution in [0, 0.1) is 11.3 Å². The van der Waals surface area contributed by atoms with Crippen molar-refractivity contribution in [3.63, 3.8) is 0 Å². The normalized spacial score (nSPS) is 15.4. The van der Waals surface area contributed by atoms with Crippen molar-refractivity contribution in [3.05, 3.63) is 45.4 Å². The van der Waals surface area contributed by atoms with Crippen molar-refractivity contribution >= 4 is 28.8 Å². The number of thiazole rings is 1. The molecule has 2 aromatic heterocycles. The van der Waals surface area contributed by atoms with Crippen molar-refractivity contribution < 1.29 is 39.9 Å². The molecule has 0 atom stereocenters. The summed E-state index contributed by atoms with van der Waals surface area (Å²) in [6.45, 7) is 0. The van der Waals surface area contributed by atoms with Crippen LogP contribution in [0.4, 0.5) is 35.1 Å². The van der Waals surface area contributed by atoms with Gasteiger partial charge in [0.1, 0.15) is 21.8 Å². The summed E-state index contributed by atoms with van der Waals surface area (Å²) in [7, 11) is 0.787. The van der Waals surface area contributed by atoms with Crippen molar-refractivity contribution in [1.82, 2.24) is 20.1 Å². The van der Waals surface area contributed by atoms with Crippen molar-refractivity contribution in [2.24, 2.45) is 7.05 Å². The van der Waals surface area contributed by atoms with Crippen LogP contribution in [0.2, 0.25) is 5.02 Å². The lowest BCUT2D eigenvalue weighted by Gasteiger charge is -2.19. The molecule has 196 valence electrons. The van der Waals surface area contributed by atoms with Crippen LogP contribution < -0.4 is 5.32 Å². The molecule has 0 spiro atoms. The Morgan fingerprint density at radius 1 is 1.19 bits per heavy atom. The van der Waals surface area contributed by atoms with Crippen LogP contribution in [0.15, 0.2) is 23.6 Å². The molecule has 1 saturated carbocycles. The highest BCUT2D eigenvalue weighted by atomic mass is 35.5. The molecule has 1 N–H and O–H groups in total. The molecule has 4 rings (SSSR count). The number of rotatable bonds is 5. The van der Waals surface area contributed by atoms with Gasteiger partial charge >= 0.3 is 18.3 Å². The van der Waals surface area contributed by atoms with E-state index in [-0.39, 0.29) is 26.5 Å². The number of nitrogens with zero attached hydrogens (tertiary/aromatic N) is 4. The van der Waals surface area contributed by atoms with Crippen LogP contribution in [0.5, 0.6) is 0 Å². The van der Waals surface area contributed by atoms with Gasteiger partial charge in [0.15, 0.2) is 5.69 Å². The average Bonchev–Trinajstić information content (AvgIpc) is 3.21. The Morgan fingerprint density at radius 2 is 1.84 bits per heavy atom. The van der Waals surface area contributed by atoms with Gasteiger partial charge in [0.2, 0.25) is 0 Å². The van der Waals surface area contributed by atoms with Gasteiger partial charge in [0.05, 0.1) is 22.3 Å². The SMILES string of the molecule is Cn1nc(C(F)(F)C(F)(F)F)c(C(F)(F)F)c1-c1nc(-c2ccc(Cl)c(C(=O)NC3(C#N)CC3)c2)cs1. The molecule has 0 radical (unpaired) electrons. The minimum Gasteiger partial charge on any atom is -0.334 e. The largest absolute Gasteiger partial charge is 0.459 e. The zero-order valence-electron chi connectivity index (χ0n) is 18.2. The Morgan fingerprint density at radius 3 is 2.38 bits per heavy atom. The summed E-state index contributed by atoms with van der Waals surface area (Å²) in [6, 6.07) is 5.93. The fraction of sp³-hybridized carbons (Fsp3) is 0.333. The van der Waals surface area contributed by atoms with Crippen LogP contribution >= 0.6 is 22.9 Å².